The fourth-order valence-corrected chi connectivity index (χ4v) is 2.85. The zero-order chi connectivity index (χ0) is 14.7. The van der Waals surface area contributed by atoms with E-state index in [0.717, 1.165) is 13.0 Å². The maximum Gasteiger partial charge on any atom is 0.314 e. The van der Waals surface area contributed by atoms with Gasteiger partial charge in [-0.2, -0.15) is 0 Å². The summed E-state index contributed by atoms with van der Waals surface area (Å²) in [6.45, 7) is 2.08. The van der Waals surface area contributed by atoms with Crippen LogP contribution in [0.5, 0.6) is 0 Å². The van der Waals surface area contributed by atoms with Crippen LogP contribution in [0.4, 0.5) is 4.79 Å². The number of benzene rings is 1. The first-order valence-electron chi connectivity index (χ1n) is 7.80. The molecule has 1 heterocycles. The maximum absolute atomic E-state index is 11.8. The first kappa shape index (κ1) is 14.4. The van der Waals surface area contributed by atoms with E-state index in [9.17, 15) is 4.79 Å². The van der Waals surface area contributed by atoms with Crippen molar-refractivity contribution in [1.82, 2.24) is 16.0 Å². The van der Waals surface area contributed by atoms with Crippen LogP contribution in [-0.2, 0) is 13.0 Å². The third-order valence-electron chi connectivity index (χ3n) is 4.40. The number of nitrogens with one attached hydrogen (secondary N) is 3. The summed E-state index contributed by atoms with van der Waals surface area (Å²) < 4.78 is 0. The summed E-state index contributed by atoms with van der Waals surface area (Å²) in [6.07, 6.45) is 3.36. The van der Waals surface area contributed by atoms with Crippen LogP contribution in [0.1, 0.15) is 24.0 Å². The van der Waals surface area contributed by atoms with Crippen molar-refractivity contribution < 1.29 is 4.79 Å². The smallest absolute Gasteiger partial charge is 0.314 e. The second-order valence-electron chi connectivity index (χ2n) is 6.14. The van der Waals surface area contributed by atoms with Crippen molar-refractivity contribution >= 4 is 6.03 Å². The molecule has 1 fully saturated rings. The Labute approximate surface area is 125 Å². The second-order valence-corrected chi connectivity index (χ2v) is 6.14. The molecule has 5 nitrogen and oxygen atoms in total. The summed E-state index contributed by atoms with van der Waals surface area (Å²) in [5.41, 5.74) is 8.69. The number of nitrogens with two attached hydrogens (primary N) is 1. The van der Waals surface area contributed by atoms with Crippen molar-refractivity contribution in [2.75, 3.05) is 13.1 Å². The zero-order valence-corrected chi connectivity index (χ0v) is 12.3. The molecule has 21 heavy (non-hydrogen) atoms. The normalized spacial score (nSPS) is 22.2. The van der Waals surface area contributed by atoms with Crippen LogP contribution in [0.3, 0.4) is 0 Å². The lowest BCUT2D eigenvalue weighted by atomic mass is 9.96. The van der Waals surface area contributed by atoms with Crippen molar-refractivity contribution in [3.63, 3.8) is 0 Å². The van der Waals surface area contributed by atoms with Crippen molar-refractivity contribution in [1.29, 1.82) is 0 Å². The summed E-state index contributed by atoms with van der Waals surface area (Å²) in [7, 11) is 0. The minimum Gasteiger partial charge on any atom is -0.337 e. The van der Waals surface area contributed by atoms with E-state index in [1.165, 1.54) is 24.0 Å². The minimum absolute atomic E-state index is 0.107. The number of hydrogen-bond donors (Lipinski definition) is 4. The van der Waals surface area contributed by atoms with Crippen LogP contribution in [0, 0.1) is 5.92 Å². The molecule has 5 heteroatoms. The van der Waals surface area contributed by atoms with Gasteiger partial charge in [0.25, 0.3) is 0 Å². The lowest BCUT2D eigenvalue weighted by Crippen LogP contribution is -2.49. The molecular weight excluding hydrogens is 264 g/mol. The number of urea groups is 1. The molecule has 114 valence electrons. The van der Waals surface area contributed by atoms with Crippen molar-refractivity contribution in [2.45, 2.75) is 37.9 Å². The van der Waals surface area contributed by atoms with Crippen LogP contribution < -0.4 is 21.7 Å². The van der Waals surface area contributed by atoms with Gasteiger partial charge in [-0.05, 0) is 36.3 Å². The molecule has 1 aromatic carbocycles. The molecule has 2 aliphatic rings. The monoisotopic (exact) mass is 288 g/mol. The van der Waals surface area contributed by atoms with E-state index < -0.39 is 0 Å². The topological polar surface area (TPSA) is 79.2 Å². The second kappa shape index (κ2) is 6.45. The number of hydrogen-bond acceptors (Lipinski definition) is 3. The van der Waals surface area contributed by atoms with Gasteiger partial charge in [-0.3, -0.25) is 0 Å². The highest BCUT2D eigenvalue weighted by atomic mass is 16.2. The lowest BCUT2D eigenvalue weighted by Gasteiger charge is -2.26. The Morgan fingerprint density at radius 1 is 1.29 bits per heavy atom. The van der Waals surface area contributed by atoms with E-state index in [-0.39, 0.29) is 12.1 Å². The Balaban J connectivity index is 1.38. The average molecular weight is 288 g/mol. The van der Waals surface area contributed by atoms with E-state index in [1.807, 2.05) is 0 Å². The third kappa shape index (κ3) is 3.95. The van der Waals surface area contributed by atoms with Crippen molar-refractivity contribution in [2.24, 2.45) is 11.7 Å². The molecule has 2 unspecified atom stereocenters. The number of rotatable bonds is 5. The first-order valence-corrected chi connectivity index (χ1v) is 7.80. The summed E-state index contributed by atoms with van der Waals surface area (Å²) >= 11 is 0. The SMILES string of the molecule is NC(CNC(=O)NCC1Cc2ccccc2CN1)C1CC1. The molecule has 1 saturated carbocycles. The Kier molecular flexibility index (Phi) is 4.41. The van der Waals surface area contributed by atoms with Crippen LogP contribution in [0.25, 0.3) is 0 Å². The summed E-state index contributed by atoms with van der Waals surface area (Å²) in [5, 5.41) is 9.25. The molecule has 5 N–H and O–H groups in total. The Morgan fingerprint density at radius 2 is 2.05 bits per heavy atom. The highest BCUT2D eigenvalue weighted by Gasteiger charge is 2.28. The van der Waals surface area contributed by atoms with Gasteiger partial charge in [0.1, 0.15) is 0 Å². The fourth-order valence-electron chi connectivity index (χ4n) is 2.85. The van der Waals surface area contributed by atoms with Crippen LogP contribution in [0.2, 0.25) is 0 Å². The number of carbonyl (C=O) groups is 1. The third-order valence-corrected chi connectivity index (χ3v) is 4.40. The lowest BCUT2D eigenvalue weighted by molar-refractivity contribution is 0.238. The van der Waals surface area contributed by atoms with Gasteiger partial charge in [0.05, 0.1) is 0 Å². The molecule has 1 aliphatic heterocycles. The number of fused-ring (bicyclic) bond motifs is 1. The summed E-state index contributed by atoms with van der Waals surface area (Å²) in [6, 6.07) is 8.73. The molecular formula is C16H24N4O. The fraction of sp³-hybridized carbons (Fsp3) is 0.562. The Hall–Kier alpha value is -1.59. The molecule has 3 rings (SSSR count). The maximum atomic E-state index is 11.8. The van der Waals surface area contributed by atoms with E-state index in [1.54, 1.807) is 0 Å². The van der Waals surface area contributed by atoms with Crippen molar-refractivity contribution in [3.8, 4) is 0 Å². The Bertz CT molecular complexity index is 501. The van der Waals surface area contributed by atoms with Gasteiger partial charge in [0, 0.05) is 31.7 Å². The largest absolute Gasteiger partial charge is 0.337 e. The molecule has 0 spiro atoms. The van der Waals surface area contributed by atoms with Crippen LogP contribution in [0.15, 0.2) is 24.3 Å². The standard InChI is InChI=1S/C16H24N4O/c17-15(11-5-6-11)10-20-16(21)19-9-14-7-12-3-1-2-4-13(12)8-18-14/h1-4,11,14-15,18H,5-10,17H2,(H2,19,20,21). The molecule has 2 atom stereocenters. The van der Waals surface area contributed by atoms with E-state index in [4.69, 9.17) is 5.73 Å². The van der Waals surface area contributed by atoms with Gasteiger partial charge in [0.15, 0.2) is 0 Å². The molecule has 0 saturated heterocycles. The molecule has 0 bridgehead atoms. The summed E-state index contributed by atoms with van der Waals surface area (Å²) in [4.78, 5) is 11.8. The van der Waals surface area contributed by atoms with Crippen LogP contribution in [-0.4, -0.2) is 31.2 Å². The molecule has 2 amide bonds. The van der Waals surface area contributed by atoms with Gasteiger partial charge in [-0.25, -0.2) is 4.79 Å². The Morgan fingerprint density at radius 3 is 2.81 bits per heavy atom. The molecule has 0 aromatic heterocycles. The minimum atomic E-state index is -0.119. The highest BCUT2D eigenvalue weighted by molar-refractivity contribution is 5.73. The van der Waals surface area contributed by atoms with Gasteiger partial charge in [-0.15, -0.1) is 0 Å². The van der Waals surface area contributed by atoms with E-state index >= 15 is 0 Å². The van der Waals surface area contributed by atoms with Gasteiger partial charge < -0.3 is 21.7 Å². The number of carbonyl (C=O) groups excluding carboxylic acids is 1. The molecule has 0 radical (unpaired) electrons. The average Bonchev–Trinajstić information content (AvgIpc) is 3.35. The van der Waals surface area contributed by atoms with E-state index in [2.05, 4.69) is 40.2 Å². The van der Waals surface area contributed by atoms with Crippen molar-refractivity contribution in [3.05, 3.63) is 35.4 Å². The predicted molar refractivity (Wildman–Crippen MR) is 82.9 cm³/mol. The quantitative estimate of drug-likeness (QED) is 0.645. The summed E-state index contributed by atoms with van der Waals surface area (Å²) in [5.74, 6) is 0.613. The van der Waals surface area contributed by atoms with E-state index in [0.29, 0.717) is 25.0 Å². The van der Waals surface area contributed by atoms with Crippen LogP contribution >= 0.6 is 0 Å². The number of amides is 2. The van der Waals surface area contributed by atoms with Gasteiger partial charge in [0.2, 0.25) is 0 Å². The molecule has 1 aromatic rings. The predicted octanol–water partition coefficient (Wildman–Crippen LogP) is 0.737. The van der Waals surface area contributed by atoms with Gasteiger partial charge in [-0.1, -0.05) is 24.3 Å². The zero-order valence-electron chi connectivity index (χ0n) is 12.3. The molecule has 1 aliphatic carbocycles. The van der Waals surface area contributed by atoms with Gasteiger partial charge >= 0.3 is 6.03 Å². The highest BCUT2D eigenvalue weighted by Crippen LogP contribution is 2.31. The first-order chi connectivity index (χ1) is 10.2.